The maximum atomic E-state index is 10.6. The summed E-state index contributed by atoms with van der Waals surface area (Å²) in [6.45, 7) is 0. The van der Waals surface area contributed by atoms with E-state index in [0.29, 0.717) is 4.90 Å². The Labute approximate surface area is 97.4 Å². The molecule has 1 aromatic carbocycles. The number of hydrogen-bond acceptors (Lipinski definition) is 4. The van der Waals surface area contributed by atoms with Crippen LogP contribution in [0.2, 0.25) is 0 Å². The van der Waals surface area contributed by atoms with Crippen LogP contribution < -0.4 is 0 Å². The van der Waals surface area contributed by atoms with Gasteiger partial charge in [0.15, 0.2) is 0 Å². The van der Waals surface area contributed by atoms with Crippen LogP contribution in [0.1, 0.15) is 0 Å². The number of hydrogen-bond donors (Lipinski definition) is 1. The molecule has 0 aliphatic rings. The van der Waals surface area contributed by atoms with E-state index < -0.39 is 4.92 Å². The van der Waals surface area contributed by atoms with Crippen molar-refractivity contribution < 1.29 is 4.92 Å². The number of nitro groups is 1. The van der Waals surface area contributed by atoms with Crippen LogP contribution in [0.3, 0.4) is 0 Å². The molecule has 72 valence electrons. The third-order valence-electron chi connectivity index (χ3n) is 1.78. The second-order valence-electron chi connectivity index (χ2n) is 2.69. The zero-order valence-corrected chi connectivity index (χ0v) is 10.0. The van der Waals surface area contributed by atoms with Crippen molar-refractivity contribution in [3.8, 4) is 0 Å². The van der Waals surface area contributed by atoms with E-state index >= 15 is 0 Å². The van der Waals surface area contributed by atoms with Crippen molar-refractivity contribution in [3.63, 3.8) is 0 Å². The van der Waals surface area contributed by atoms with Crippen LogP contribution in [0.5, 0.6) is 0 Å². The van der Waals surface area contributed by atoms with Gasteiger partial charge in [-0.2, -0.15) is 0 Å². The van der Waals surface area contributed by atoms with Gasteiger partial charge in [0.05, 0.1) is 13.6 Å². The molecule has 0 saturated carbocycles. The Morgan fingerprint density at radius 2 is 2.14 bits per heavy atom. The Bertz CT molecular complexity index is 523. The van der Waals surface area contributed by atoms with E-state index in [-0.39, 0.29) is 5.69 Å². The van der Waals surface area contributed by atoms with Gasteiger partial charge < -0.3 is 0 Å². The van der Waals surface area contributed by atoms with Crippen molar-refractivity contribution in [3.05, 3.63) is 32.1 Å². The Morgan fingerprint density at radius 1 is 1.43 bits per heavy atom. The summed E-state index contributed by atoms with van der Waals surface area (Å²) < 4.78 is 1.95. The van der Waals surface area contributed by atoms with Crippen molar-refractivity contribution >= 4 is 55.7 Å². The molecule has 2 rings (SSSR count). The zero-order chi connectivity index (χ0) is 10.3. The average Bonchev–Trinajstić information content (AvgIpc) is 2.42. The first kappa shape index (κ1) is 9.95. The maximum Gasteiger partial charge on any atom is 0.283 e. The van der Waals surface area contributed by atoms with Gasteiger partial charge in [0.25, 0.3) is 5.69 Å². The lowest BCUT2D eigenvalue weighted by Gasteiger charge is -1.95. The van der Waals surface area contributed by atoms with Crippen molar-refractivity contribution in [2.24, 2.45) is 0 Å². The van der Waals surface area contributed by atoms with Gasteiger partial charge in [-0.3, -0.25) is 10.1 Å². The third-order valence-corrected chi connectivity index (χ3v) is 3.74. The third kappa shape index (κ3) is 1.65. The Balaban J connectivity index is 2.76. The number of nitro benzene ring substituents is 1. The van der Waals surface area contributed by atoms with Crippen molar-refractivity contribution in [1.82, 2.24) is 0 Å². The highest BCUT2D eigenvalue weighted by molar-refractivity contribution is 9.11. The standard InChI is InChI=1S/C8H4BrNO2S2/c9-8-2-4-1-5(10(11)12)6(13)3-7(4)14-8/h1-3,13H. The maximum absolute atomic E-state index is 10.6. The van der Waals surface area contributed by atoms with Crippen LogP contribution in [-0.4, -0.2) is 4.92 Å². The molecule has 0 radical (unpaired) electrons. The smallest absolute Gasteiger partial charge is 0.258 e. The summed E-state index contributed by atoms with van der Waals surface area (Å²) in [5, 5.41) is 11.5. The Hall–Kier alpha value is -0.590. The van der Waals surface area contributed by atoms with E-state index in [9.17, 15) is 10.1 Å². The van der Waals surface area contributed by atoms with E-state index in [1.807, 2.05) is 6.07 Å². The monoisotopic (exact) mass is 289 g/mol. The fraction of sp³-hybridized carbons (Fsp3) is 0. The number of halogens is 1. The van der Waals surface area contributed by atoms with E-state index in [4.69, 9.17) is 0 Å². The molecular weight excluding hydrogens is 286 g/mol. The van der Waals surface area contributed by atoms with E-state index in [1.54, 1.807) is 12.1 Å². The number of rotatable bonds is 1. The summed E-state index contributed by atoms with van der Waals surface area (Å²) in [5.41, 5.74) is 0.0473. The van der Waals surface area contributed by atoms with Gasteiger partial charge in [0.1, 0.15) is 0 Å². The molecular formula is C8H4BrNO2S2. The zero-order valence-electron chi connectivity index (χ0n) is 6.73. The van der Waals surface area contributed by atoms with E-state index in [1.165, 1.54) is 11.3 Å². The van der Waals surface area contributed by atoms with Crippen LogP contribution in [0.15, 0.2) is 26.9 Å². The molecule has 3 nitrogen and oxygen atoms in total. The molecule has 1 heterocycles. The molecule has 6 heteroatoms. The molecule has 0 saturated heterocycles. The molecule has 0 spiro atoms. The minimum atomic E-state index is -0.423. The fourth-order valence-corrected chi connectivity index (χ4v) is 3.12. The second-order valence-corrected chi connectivity index (χ2v) is 5.63. The lowest BCUT2D eigenvalue weighted by Crippen LogP contribution is -1.88. The molecule has 0 bridgehead atoms. The summed E-state index contributed by atoms with van der Waals surface area (Å²) in [5.74, 6) is 0. The van der Waals surface area contributed by atoms with Crippen molar-refractivity contribution in [2.45, 2.75) is 4.90 Å². The molecule has 1 aromatic heterocycles. The average molecular weight is 290 g/mol. The predicted molar refractivity (Wildman–Crippen MR) is 63.4 cm³/mol. The lowest BCUT2D eigenvalue weighted by atomic mass is 10.2. The van der Waals surface area contributed by atoms with Gasteiger partial charge in [0.2, 0.25) is 0 Å². The second kappa shape index (κ2) is 3.52. The number of thiol groups is 1. The highest BCUT2D eigenvalue weighted by Crippen LogP contribution is 2.35. The predicted octanol–water partition coefficient (Wildman–Crippen LogP) is 3.86. The first-order valence-corrected chi connectivity index (χ1v) is 5.70. The largest absolute Gasteiger partial charge is 0.283 e. The first-order valence-electron chi connectivity index (χ1n) is 3.64. The van der Waals surface area contributed by atoms with Crippen LogP contribution in [0.25, 0.3) is 10.1 Å². The molecule has 0 N–H and O–H groups in total. The minimum Gasteiger partial charge on any atom is -0.258 e. The number of nitrogens with zero attached hydrogens (tertiary/aromatic N) is 1. The fourth-order valence-electron chi connectivity index (χ4n) is 1.18. The highest BCUT2D eigenvalue weighted by Gasteiger charge is 2.13. The Kier molecular flexibility index (Phi) is 2.50. The number of benzene rings is 1. The molecule has 0 fully saturated rings. The summed E-state index contributed by atoms with van der Waals surface area (Å²) >= 11 is 8.94. The van der Waals surface area contributed by atoms with E-state index in [2.05, 4.69) is 28.6 Å². The van der Waals surface area contributed by atoms with Gasteiger partial charge >= 0.3 is 0 Å². The molecule has 14 heavy (non-hydrogen) atoms. The highest BCUT2D eigenvalue weighted by atomic mass is 79.9. The molecule has 0 atom stereocenters. The van der Waals surface area contributed by atoms with Crippen molar-refractivity contribution in [1.29, 1.82) is 0 Å². The van der Waals surface area contributed by atoms with Gasteiger partial charge in [-0.15, -0.1) is 24.0 Å². The van der Waals surface area contributed by atoms with Gasteiger partial charge in [0, 0.05) is 16.2 Å². The summed E-state index contributed by atoms with van der Waals surface area (Å²) in [7, 11) is 0. The molecule has 0 aliphatic carbocycles. The summed E-state index contributed by atoms with van der Waals surface area (Å²) in [4.78, 5) is 10.6. The van der Waals surface area contributed by atoms with Gasteiger partial charge in [-0.25, -0.2) is 0 Å². The van der Waals surface area contributed by atoms with E-state index in [0.717, 1.165) is 13.9 Å². The number of thiophene rings is 1. The van der Waals surface area contributed by atoms with Crippen LogP contribution >= 0.6 is 39.9 Å². The molecule has 0 aliphatic heterocycles. The normalized spacial score (nSPS) is 10.7. The summed E-state index contributed by atoms with van der Waals surface area (Å²) in [6, 6.07) is 5.12. The van der Waals surface area contributed by atoms with Crippen LogP contribution in [0, 0.1) is 10.1 Å². The van der Waals surface area contributed by atoms with Crippen molar-refractivity contribution in [2.75, 3.05) is 0 Å². The summed E-state index contributed by atoms with van der Waals surface area (Å²) in [6.07, 6.45) is 0. The van der Waals surface area contributed by atoms with Gasteiger partial charge in [-0.1, -0.05) is 0 Å². The minimum absolute atomic E-state index is 0.0473. The molecule has 0 amide bonds. The molecule has 0 unspecified atom stereocenters. The quantitative estimate of drug-likeness (QED) is 0.492. The first-order chi connectivity index (χ1) is 6.58. The Morgan fingerprint density at radius 3 is 2.79 bits per heavy atom. The number of fused-ring (bicyclic) bond motifs is 1. The topological polar surface area (TPSA) is 43.1 Å². The van der Waals surface area contributed by atoms with Crippen LogP contribution in [-0.2, 0) is 0 Å². The van der Waals surface area contributed by atoms with Crippen LogP contribution in [0.4, 0.5) is 5.69 Å². The molecule has 2 aromatic rings. The SMILES string of the molecule is O=[N+]([O-])c1cc2cc(Br)sc2cc1S. The lowest BCUT2D eigenvalue weighted by molar-refractivity contribution is -0.387. The van der Waals surface area contributed by atoms with Gasteiger partial charge in [-0.05, 0) is 28.1 Å².